The standard InChI is InChI=1S/C26H31N5/c1-17(2)25-22-13-20(19-7-11-31(12-8-19)16-18-5-9-28-15-18)3-4-23(22)30-26(25)21-6-10-29-24(27)14-21/h3-4,6,9-10,13-15,17,19,30H,5,7-8,11-12,16H2,1-2H3,(H2,27,29). The Labute approximate surface area is 184 Å². The first-order valence-corrected chi connectivity index (χ1v) is 11.4. The van der Waals surface area contributed by atoms with Gasteiger partial charge >= 0.3 is 0 Å². The van der Waals surface area contributed by atoms with Crippen molar-refractivity contribution in [2.75, 3.05) is 25.4 Å². The molecule has 0 saturated carbocycles. The summed E-state index contributed by atoms with van der Waals surface area (Å²) in [7, 11) is 0. The number of aromatic nitrogens is 2. The maximum Gasteiger partial charge on any atom is 0.123 e. The van der Waals surface area contributed by atoms with E-state index in [-0.39, 0.29) is 0 Å². The van der Waals surface area contributed by atoms with Gasteiger partial charge in [-0.05, 0) is 78.7 Å². The Morgan fingerprint density at radius 1 is 1.16 bits per heavy atom. The molecule has 5 heteroatoms. The molecule has 3 N–H and O–H groups in total. The van der Waals surface area contributed by atoms with Crippen molar-refractivity contribution < 1.29 is 0 Å². The maximum absolute atomic E-state index is 5.96. The van der Waals surface area contributed by atoms with Crippen LogP contribution in [0.5, 0.6) is 0 Å². The molecule has 1 fully saturated rings. The van der Waals surface area contributed by atoms with Gasteiger partial charge in [0.05, 0.1) is 5.69 Å². The van der Waals surface area contributed by atoms with Crippen LogP contribution < -0.4 is 5.73 Å². The Balaban J connectivity index is 1.40. The van der Waals surface area contributed by atoms with E-state index >= 15 is 0 Å². The average molecular weight is 414 g/mol. The molecule has 0 radical (unpaired) electrons. The Bertz CT molecular complexity index is 1150. The van der Waals surface area contributed by atoms with Crippen LogP contribution in [0.15, 0.2) is 53.3 Å². The van der Waals surface area contributed by atoms with Crippen LogP contribution in [-0.2, 0) is 0 Å². The first-order valence-electron chi connectivity index (χ1n) is 11.4. The number of pyridine rings is 1. The summed E-state index contributed by atoms with van der Waals surface area (Å²) in [6.45, 7) is 7.92. The number of anilines is 1. The number of H-pyrrole nitrogens is 1. The van der Waals surface area contributed by atoms with E-state index in [9.17, 15) is 0 Å². The fourth-order valence-electron chi connectivity index (χ4n) is 5.11. The highest BCUT2D eigenvalue weighted by atomic mass is 15.1. The zero-order chi connectivity index (χ0) is 21.4. The van der Waals surface area contributed by atoms with Gasteiger partial charge in [-0.1, -0.05) is 19.9 Å². The fraction of sp³-hybridized carbons (Fsp3) is 0.385. The van der Waals surface area contributed by atoms with Crippen LogP contribution >= 0.6 is 0 Å². The summed E-state index contributed by atoms with van der Waals surface area (Å²) in [5.41, 5.74) is 13.7. The number of nitrogen functional groups attached to an aromatic ring is 1. The topological polar surface area (TPSA) is 70.3 Å². The number of aliphatic imine (C=N–C) groups is 1. The zero-order valence-corrected chi connectivity index (χ0v) is 18.4. The van der Waals surface area contributed by atoms with Crippen molar-refractivity contribution in [1.29, 1.82) is 0 Å². The molecule has 1 saturated heterocycles. The van der Waals surface area contributed by atoms with E-state index in [0.717, 1.165) is 37.3 Å². The van der Waals surface area contributed by atoms with Gasteiger partial charge in [-0.3, -0.25) is 9.89 Å². The van der Waals surface area contributed by atoms with Crippen LogP contribution in [0.3, 0.4) is 0 Å². The second-order valence-electron chi connectivity index (χ2n) is 9.22. The van der Waals surface area contributed by atoms with Gasteiger partial charge in [0.1, 0.15) is 5.82 Å². The van der Waals surface area contributed by atoms with Crippen molar-refractivity contribution >= 4 is 22.9 Å². The molecular weight excluding hydrogens is 382 g/mol. The molecule has 3 aromatic rings. The van der Waals surface area contributed by atoms with Crippen molar-refractivity contribution in [1.82, 2.24) is 14.9 Å². The number of benzene rings is 1. The molecule has 5 rings (SSSR count). The van der Waals surface area contributed by atoms with Crippen molar-refractivity contribution in [3.63, 3.8) is 0 Å². The van der Waals surface area contributed by atoms with E-state index in [4.69, 9.17) is 5.73 Å². The van der Waals surface area contributed by atoms with Crippen molar-refractivity contribution in [3.05, 3.63) is 59.4 Å². The molecule has 0 bridgehead atoms. The third-order valence-corrected chi connectivity index (χ3v) is 6.71. The molecule has 0 unspecified atom stereocenters. The van der Waals surface area contributed by atoms with Gasteiger partial charge in [0.15, 0.2) is 0 Å². The summed E-state index contributed by atoms with van der Waals surface area (Å²) in [4.78, 5) is 14.6. The number of nitrogens with two attached hydrogens (primary N) is 1. The molecule has 2 aliphatic heterocycles. The van der Waals surface area contributed by atoms with Crippen LogP contribution in [0, 0.1) is 0 Å². The first kappa shape index (κ1) is 20.0. The van der Waals surface area contributed by atoms with Crippen LogP contribution in [0.25, 0.3) is 22.2 Å². The highest BCUT2D eigenvalue weighted by molar-refractivity contribution is 5.92. The smallest absolute Gasteiger partial charge is 0.123 e. The molecule has 0 aliphatic carbocycles. The van der Waals surface area contributed by atoms with E-state index in [1.165, 1.54) is 40.4 Å². The summed E-state index contributed by atoms with van der Waals surface area (Å²) in [5.74, 6) is 1.60. The minimum absolute atomic E-state index is 0.414. The minimum Gasteiger partial charge on any atom is -0.384 e. The molecule has 5 nitrogen and oxygen atoms in total. The van der Waals surface area contributed by atoms with Gasteiger partial charge in [-0.2, -0.15) is 0 Å². The largest absolute Gasteiger partial charge is 0.384 e. The number of hydrogen-bond acceptors (Lipinski definition) is 4. The Hall–Kier alpha value is -2.92. The third kappa shape index (κ3) is 4.02. The normalized spacial score (nSPS) is 17.7. The minimum atomic E-state index is 0.414. The highest BCUT2D eigenvalue weighted by Crippen LogP contribution is 2.38. The fourth-order valence-corrected chi connectivity index (χ4v) is 5.11. The van der Waals surface area contributed by atoms with Gasteiger partial charge < -0.3 is 10.7 Å². The Morgan fingerprint density at radius 3 is 2.71 bits per heavy atom. The number of hydrogen-bond donors (Lipinski definition) is 2. The van der Waals surface area contributed by atoms with Crippen LogP contribution in [0.2, 0.25) is 0 Å². The first-order chi connectivity index (χ1) is 15.1. The monoisotopic (exact) mass is 413 g/mol. The molecule has 4 heterocycles. The number of likely N-dealkylation sites (tertiary alicyclic amines) is 1. The van der Waals surface area contributed by atoms with E-state index in [1.807, 2.05) is 24.5 Å². The molecule has 2 aromatic heterocycles. The van der Waals surface area contributed by atoms with Gasteiger partial charge in [-0.25, -0.2) is 4.98 Å². The van der Waals surface area contributed by atoms with Gasteiger partial charge in [0.25, 0.3) is 0 Å². The van der Waals surface area contributed by atoms with Crippen LogP contribution in [0.1, 0.15) is 56.1 Å². The van der Waals surface area contributed by atoms with Crippen molar-refractivity contribution in [2.45, 2.75) is 44.9 Å². The SMILES string of the molecule is CC(C)c1c(-c2ccnc(N)c2)[nH]c2ccc(C3CCN(CC4=CN=CC4)CC3)cc12. The number of nitrogens with zero attached hydrogens (tertiary/aromatic N) is 3. The lowest BCUT2D eigenvalue weighted by Crippen LogP contribution is -2.34. The molecule has 2 aliphatic rings. The number of fused-ring (bicyclic) bond motifs is 1. The predicted molar refractivity (Wildman–Crippen MR) is 130 cm³/mol. The summed E-state index contributed by atoms with van der Waals surface area (Å²) in [6, 6.07) is 11.0. The van der Waals surface area contributed by atoms with Crippen LogP contribution in [-0.4, -0.2) is 40.7 Å². The Morgan fingerprint density at radius 2 is 2.00 bits per heavy atom. The summed E-state index contributed by atoms with van der Waals surface area (Å²) in [5, 5.41) is 1.34. The second kappa shape index (κ2) is 8.31. The molecule has 0 atom stereocenters. The molecule has 31 heavy (non-hydrogen) atoms. The summed E-state index contributed by atoms with van der Waals surface area (Å²) >= 11 is 0. The second-order valence-corrected chi connectivity index (χ2v) is 9.22. The van der Waals surface area contributed by atoms with Crippen LogP contribution in [0.4, 0.5) is 5.82 Å². The van der Waals surface area contributed by atoms with Gasteiger partial charge in [0, 0.05) is 48.0 Å². The lowest BCUT2D eigenvalue weighted by molar-refractivity contribution is 0.228. The maximum atomic E-state index is 5.96. The molecule has 1 aromatic carbocycles. The van der Waals surface area contributed by atoms with Gasteiger partial charge in [0.2, 0.25) is 0 Å². The predicted octanol–water partition coefficient (Wildman–Crippen LogP) is 5.47. The van der Waals surface area contributed by atoms with E-state index < -0.39 is 0 Å². The lowest BCUT2D eigenvalue weighted by Gasteiger charge is -2.32. The lowest BCUT2D eigenvalue weighted by atomic mass is 9.87. The van der Waals surface area contributed by atoms with Crippen molar-refractivity contribution in [3.8, 4) is 11.3 Å². The molecule has 160 valence electrons. The molecule has 0 spiro atoms. The number of rotatable bonds is 5. The van der Waals surface area contributed by atoms with E-state index in [1.54, 1.807) is 6.20 Å². The number of piperidine rings is 1. The molecule has 0 amide bonds. The average Bonchev–Trinajstić information content (AvgIpc) is 3.41. The Kier molecular flexibility index (Phi) is 5.36. The summed E-state index contributed by atoms with van der Waals surface area (Å²) in [6.07, 6.45) is 9.28. The third-order valence-electron chi connectivity index (χ3n) is 6.71. The zero-order valence-electron chi connectivity index (χ0n) is 18.4. The number of aromatic amines is 1. The summed E-state index contributed by atoms with van der Waals surface area (Å²) < 4.78 is 0. The van der Waals surface area contributed by atoms with E-state index in [0.29, 0.717) is 17.7 Å². The number of nitrogens with one attached hydrogen (secondary N) is 1. The van der Waals surface area contributed by atoms with Gasteiger partial charge in [-0.15, -0.1) is 0 Å². The quantitative estimate of drug-likeness (QED) is 0.582. The van der Waals surface area contributed by atoms with Crippen molar-refractivity contribution in [2.24, 2.45) is 4.99 Å². The highest BCUT2D eigenvalue weighted by Gasteiger charge is 2.23. The van der Waals surface area contributed by atoms with E-state index in [2.05, 4.69) is 51.9 Å². The molecular formula is C26H31N5.